The summed E-state index contributed by atoms with van der Waals surface area (Å²) in [4.78, 5) is 59.8. The molecular weight excluding hydrogens is 550 g/mol. The van der Waals surface area contributed by atoms with Crippen molar-refractivity contribution in [1.82, 2.24) is 24.8 Å². The number of nitrogens with two attached hydrogens (primary N) is 2. The number of thiazole rings is 1. The van der Waals surface area contributed by atoms with E-state index in [9.17, 15) is 37.3 Å². The van der Waals surface area contributed by atoms with Gasteiger partial charge in [0.2, 0.25) is 11.5 Å². The molecule has 2 fully saturated rings. The minimum atomic E-state index is -5.06. The first-order valence-corrected chi connectivity index (χ1v) is 13.0. The number of β-lactam (4-membered cyclic amide) rings is 1. The number of carbonyl (C=O) groups excluding carboxylic acids is 3. The summed E-state index contributed by atoms with van der Waals surface area (Å²) >= 11 is 0.931. The van der Waals surface area contributed by atoms with Gasteiger partial charge in [0.05, 0.1) is 6.04 Å². The summed E-state index contributed by atoms with van der Waals surface area (Å²) < 4.78 is 33.3. The van der Waals surface area contributed by atoms with E-state index in [1.165, 1.54) is 24.1 Å². The lowest BCUT2D eigenvalue weighted by atomic mass is 9.97. The summed E-state index contributed by atoms with van der Waals surface area (Å²) in [5.74, 6) is -4.68. The zero-order valence-electron chi connectivity index (χ0n) is 19.9. The van der Waals surface area contributed by atoms with E-state index in [0.717, 1.165) is 11.3 Å². The molecule has 3 heterocycles. The Bertz CT molecular complexity index is 1310. The van der Waals surface area contributed by atoms with Crippen LogP contribution in [-0.2, 0) is 34.3 Å². The minimum Gasteiger partial charge on any atom is -0.478 e. The molecule has 1 aromatic heterocycles. The van der Waals surface area contributed by atoms with Gasteiger partial charge in [-0.3, -0.25) is 24.3 Å². The van der Waals surface area contributed by atoms with Gasteiger partial charge in [-0.05, 0) is 20.3 Å². The van der Waals surface area contributed by atoms with Crippen LogP contribution in [0.15, 0.2) is 10.5 Å². The number of nitrogens with zero attached hydrogens (tertiary/aromatic N) is 4. The van der Waals surface area contributed by atoms with Crippen LogP contribution in [0.5, 0.6) is 0 Å². The lowest BCUT2D eigenvalue weighted by Gasteiger charge is -2.45. The van der Waals surface area contributed by atoms with Crippen LogP contribution in [0.2, 0.25) is 0 Å². The molecular formula is C18H25N9O9S2. The number of aliphatic carboxylic acids is 1. The topological polar surface area (TPSA) is 284 Å². The predicted octanol–water partition coefficient (Wildman–Crippen LogP) is -3.11. The van der Waals surface area contributed by atoms with Gasteiger partial charge in [0.1, 0.15) is 17.8 Å². The Morgan fingerprint density at radius 1 is 1.34 bits per heavy atom. The second kappa shape index (κ2) is 10.4. The van der Waals surface area contributed by atoms with E-state index in [1.54, 1.807) is 0 Å². The number of hydrogen-bond acceptors (Lipinski definition) is 12. The molecule has 3 rings (SSSR count). The quantitative estimate of drug-likeness (QED) is 0.0479. The van der Waals surface area contributed by atoms with Crippen LogP contribution in [0.3, 0.4) is 0 Å². The van der Waals surface area contributed by atoms with Gasteiger partial charge in [-0.15, -0.1) is 11.3 Å². The first-order valence-electron chi connectivity index (χ1n) is 10.7. The van der Waals surface area contributed by atoms with Crippen molar-refractivity contribution in [3.05, 3.63) is 11.1 Å². The number of hydrogen-bond donors (Lipinski definition) is 7. The van der Waals surface area contributed by atoms with Gasteiger partial charge < -0.3 is 36.9 Å². The molecule has 0 saturated carbocycles. The van der Waals surface area contributed by atoms with Crippen LogP contribution in [0.1, 0.15) is 26.0 Å². The first kappa shape index (κ1) is 28.5. The first-order chi connectivity index (χ1) is 17.5. The van der Waals surface area contributed by atoms with Crippen molar-refractivity contribution in [2.75, 3.05) is 18.8 Å². The lowest BCUT2D eigenvalue weighted by Crippen LogP contribution is -2.74. The maximum atomic E-state index is 13.1. The van der Waals surface area contributed by atoms with Crippen LogP contribution in [-0.4, -0.2) is 104 Å². The van der Waals surface area contributed by atoms with Gasteiger partial charge in [0.25, 0.3) is 11.8 Å². The molecule has 0 unspecified atom stereocenters. The SMILES string of the molecule is CC(C)(O/N=C(\C(=O)N[C@@H]1C(=O)N(S(=O)(=O)O)[C@@H]1CN1CC[C@H](NC(=N)N)C1=O)c1csc(N)n1)C(=O)O. The summed E-state index contributed by atoms with van der Waals surface area (Å²) in [5.41, 5.74) is 8.33. The van der Waals surface area contributed by atoms with Gasteiger partial charge in [-0.1, -0.05) is 5.16 Å². The van der Waals surface area contributed by atoms with Gasteiger partial charge in [0.15, 0.2) is 16.8 Å². The molecule has 0 aliphatic carbocycles. The number of anilines is 1. The average molecular weight is 576 g/mol. The summed E-state index contributed by atoms with van der Waals surface area (Å²) in [6.07, 6.45) is 0.223. The number of carboxylic acid groups (broad SMARTS) is 1. The fourth-order valence-electron chi connectivity index (χ4n) is 3.62. The highest BCUT2D eigenvalue weighted by Crippen LogP contribution is 2.27. The van der Waals surface area contributed by atoms with Crippen molar-refractivity contribution in [1.29, 1.82) is 5.41 Å². The van der Waals surface area contributed by atoms with E-state index >= 15 is 0 Å². The molecule has 0 spiro atoms. The fraction of sp³-hybridized carbons (Fsp3) is 0.500. The fourth-order valence-corrected chi connectivity index (χ4v) is 5.04. The standard InChI is InChI=1S/C18H25N9O9S2/c1-18(2,15(31)32)36-25-10(8-6-37-17(21)23-8)12(28)24-11-9(27(14(11)30)38(33,34)35)5-26-4-3-7(13(26)29)22-16(19)20/h6-7,9,11H,3-5H2,1-2H3,(H2,21,23)(H,24,28)(H,31,32)(H4,19,20,22)(H,33,34,35)/b25-10-/t7-,9+,11-/m0/s1. The van der Waals surface area contributed by atoms with E-state index in [-0.39, 0.29) is 28.1 Å². The third-order valence-electron chi connectivity index (χ3n) is 5.60. The molecule has 20 heteroatoms. The highest BCUT2D eigenvalue weighted by molar-refractivity contribution is 7.84. The average Bonchev–Trinajstić information content (AvgIpc) is 3.36. The molecule has 3 amide bonds. The van der Waals surface area contributed by atoms with Crippen LogP contribution < -0.4 is 22.1 Å². The maximum absolute atomic E-state index is 13.1. The van der Waals surface area contributed by atoms with Gasteiger partial charge >= 0.3 is 16.3 Å². The summed E-state index contributed by atoms with van der Waals surface area (Å²) in [6.45, 7) is 2.04. The Morgan fingerprint density at radius 2 is 2.00 bits per heavy atom. The number of carbonyl (C=O) groups is 4. The number of nitrogen functional groups attached to an aromatic ring is 1. The number of oxime groups is 1. The van der Waals surface area contributed by atoms with E-state index < -0.39 is 75.9 Å². The van der Waals surface area contributed by atoms with Crippen molar-refractivity contribution in [2.45, 2.75) is 44.0 Å². The Hall–Kier alpha value is -4.04. The number of rotatable bonds is 10. The molecule has 0 aromatic carbocycles. The van der Waals surface area contributed by atoms with E-state index in [0.29, 0.717) is 0 Å². The van der Waals surface area contributed by atoms with Crippen LogP contribution in [0.25, 0.3) is 0 Å². The normalized spacial score (nSPS) is 22.2. The largest absolute Gasteiger partial charge is 0.478 e. The summed E-state index contributed by atoms with van der Waals surface area (Å²) in [6, 6.07) is -3.79. The maximum Gasteiger partial charge on any atom is 0.362 e. The molecule has 2 aliphatic heterocycles. The highest BCUT2D eigenvalue weighted by Gasteiger charge is 2.55. The van der Waals surface area contributed by atoms with Gasteiger partial charge in [-0.25, -0.2) is 14.1 Å². The molecule has 0 bridgehead atoms. The van der Waals surface area contributed by atoms with Crippen molar-refractivity contribution in [3.63, 3.8) is 0 Å². The highest BCUT2D eigenvalue weighted by atomic mass is 32.2. The van der Waals surface area contributed by atoms with Crippen molar-refractivity contribution in [3.8, 4) is 0 Å². The second-order valence-corrected chi connectivity index (χ2v) is 10.9. The number of likely N-dealkylation sites (tertiary alicyclic amines) is 1. The Labute approximate surface area is 219 Å². The molecule has 9 N–H and O–H groups in total. The molecule has 2 saturated heterocycles. The van der Waals surface area contributed by atoms with Crippen molar-refractivity contribution in [2.24, 2.45) is 10.9 Å². The van der Waals surface area contributed by atoms with E-state index in [1.807, 2.05) is 0 Å². The number of guanidine groups is 1. The van der Waals surface area contributed by atoms with E-state index in [2.05, 4.69) is 20.8 Å². The Balaban J connectivity index is 1.85. The van der Waals surface area contributed by atoms with Crippen molar-refractivity contribution < 1.29 is 42.1 Å². The third kappa shape index (κ3) is 5.92. The number of nitrogens with one attached hydrogen (secondary N) is 3. The molecule has 0 radical (unpaired) electrons. The second-order valence-electron chi connectivity index (χ2n) is 8.73. The Morgan fingerprint density at radius 3 is 2.53 bits per heavy atom. The smallest absolute Gasteiger partial charge is 0.362 e. The zero-order valence-corrected chi connectivity index (χ0v) is 21.6. The minimum absolute atomic E-state index is 0.0365. The molecule has 1 aromatic rings. The van der Waals surface area contributed by atoms with Crippen LogP contribution in [0, 0.1) is 5.41 Å². The molecule has 208 valence electrons. The number of amides is 3. The lowest BCUT2D eigenvalue weighted by molar-refractivity contribution is -0.161. The molecule has 3 atom stereocenters. The Kier molecular flexibility index (Phi) is 7.79. The van der Waals surface area contributed by atoms with Gasteiger partial charge in [0, 0.05) is 18.5 Å². The van der Waals surface area contributed by atoms with Gasteiger partial charge in [-0.2, -0.15) is 8.42 Å². The third-order valence-corrected chi connectivity index (χ3v) is 7.22. The summed E-state index contributed by atoms with van der Waals surface area (Å²) in [5, 5.41) is 26.2. The monoisotopic (exact) mass is 575 g/mol. The molecule has 18 nitrogen and oxygen atoms in total. The summed E-state index contributed by atoms with van der Waals surface area (Å²) in [7, 11) is -5.06. The number of aromatic nitrogens is 1. The van der Waals surface area contributed by atoms with E-state index in [4.69, 9.17) is 21.7 Å². The van der Waals surface area contributed by atoms with Crippen molar-refractivity contribution >= 4 is 62.1 Å². The predicted molar refractivity (Wildman–Crippen MR) is 130 cm³/mol. The molecule has 2 aliphatic rings. The van der Waals surface area contributed by atoms with Crippen LogP contribution >= 0.6 is 11.3 Å². The number of carboxylic acids is 1. The zero-order chi connectivity index (χ0) is 28.6. The van der Waals surface area contributed by atoms with Crippen LogP contribution in [0.4, 0.5) is 5.13 Å². The molecule has 38 heavy (non-hydrogen) atoms.